The lowest BCUT2D eigenvalue weighted by molar-refractivity contribution is 1.24. The summed E-state index contributed by atoms with van der Waals surface area (Å²) in [6.07, 6.45) is 5.11. The minimum atomic E-state index is 0.956. The molecule has 0 amide bonds. The van der Waals surface area contributed by atoms with Crippen LogP contribution >= 0.6 is 0 Å². The Balaban J connectivity index is 2.39. The van der Waals surface area contributed by atoms with Gasteiger partial charge in [0, 0.05) is 0 Å². The normalized spacial score (nSPS) is 14.1. The van der Waals surface area contributed by atoms with Gasteiger partial charge in [-0.25, -0.2) is 0 Å². The van der Waals surface area contributed by atoms with E-state index in [1.807, 2.05) is 18.2 Å². The first-order valence-electron chi connectivity index (χ1n) is 4.50. The van der Waals surface area contributed by atoms with Crippen LogP contribution < -0.4 is 5.43 Å². The van der Waals surface area contributed by atoms with E-state index in [4.69, 9.17) is 0 Å². The fourth-order valence-corrected chi connectivity index (χ4v) is 1.30. The predicted molar refractivity (Wildman–Crippen MR) is 56.8 cm³/mol. The SMILES string of the molecule is CCC1=NNc2ccccc2C=C1. The standard InChI is InChI=1S/C11H12N2/c1-2-10-8-7-9-5-3-4-6-11(9)13-12-10/h3-8,13H,2H2,1H3. The van der Waals surface area contributed by atoms with Crippen LogP contribution in [0.2, 0.25) is 0 Å². The van der Waals surface area contributed by atoms with Crippen molar-refractivity contribution in [3.05, 3.63) is 35.9 Å². The van der Waals surface area contributed by atoms with Crippen molar-refractivity contribution in [1.29, 1.82) is 0 Å². The molecule has 1 heterocycles. The van der Waals surface area contributed by atoms with Gasteiger partial charge in [0.2, 0.25) is 0 Å². The molecule has 0 spiro atoms. The molecule has 1 N–H and O–H groups in total. The molecule has 0 fully saturated rings. The maximum absolute atomic E-state index is 4.26. The second-order valence-electron chi connectivity index (χ2n) is 2.99. The van der Waals surface area contributed by atoms with E-state index in [0.29, 0.717) is 0 Å². The van der Waals surface area contributed by atoms with E-state index < -0.39 is 0 Å². The van der Waals surface area contributed by atoms with Crippen LogP contribution in [0.25, 0.3) is 6.08 Å². The number of hydrogen-bond donors (Lipinski definition) is 1. The molecular formula is C11H12N2. The fraction of sp³-hybridized carbons (Fsp3) is 0.182. The number of hydrazone groups is 1. The summed E-state index contributed by atoms with van der Waals surface area (Å²) in [7, 11) is 0. The Morgan fingerprint density at radius 3 is 2.92 bits per heavy atom. The number of nitrogens with zero attached hydrogens (tertiary/aromatic N) is 1. The molecule has 0 aromatic heterocycles. The monoisotopic (exact) mass is 172 g/mol. The molecule has 1 aliphatic rings. The van der Waals surface area contributed by atoms with Crippen molar-refractivity contribution >= 4 is 17.5 Å². The summed E-state index contributed by atoms with van der Waals surface area (Å²) in [5, 5.41) is 4.26. The maximum atomic E-state index is 4.26. The van der Waals surface area contributed by atoms with E-state index in [0.717, 1.165) is 17.8 Å². The van der Waals surface area contributed by atoms with Crippen LogP contribution in [-0.4, -0.2) is 5.71 Å². The average molecular weight is 172 g/mol. The van der Waals surface area contributed by atoms with E-state index >= 15 is 0 Å². The van der Waals surface area contributed by atoms with Gasteiger partial charge >= 0.3 is 0 Å². The van der Waals surface area contributed by atoms with Gasteiger partial charge in [-0.2, -0.15) is 5.10 Å². The van der Waals surface area contributed by atoms with Gasteiger partial charge in [-0.05, 0) is 24.1 Å². The molecule has 1 aromatic carbocycles. The van der Waals surface area contributed by atoms with Gasteiger partial charge in [0.1, 0.15) is 0 Å². The highest BCUT2D eigenvalue weighted by Crippen LogP contribution is 2.18. The van der Waals surface area contributed by atoms with Crippen LogP contribution in [0, 0.1) is 0 Å². The Hall–Kier alpha value is -1.57. The second kappa shape index (κ2) is 3.44. The van der Waals surface area contributed by atoms with Gasteiger partial charge in [-0.3, -0.25) is 5.43 Å². The zero-order valence-corrected chi connectivity index (χ0v) is 7.62. The summed E-state index contributed by atoms with van der Waals surface area (Å²) in [5.74, 6) is 0. The van der Waals surface area contributed by atoms with Crippen LogP contribution in [0.15, 0.2) is 35.4 Å². The summed E-state index contributed by atoms with van der Waals surface area (Å²) in [6.45, 7) is 2.10. The van der Waals surface area contributed by atoms with Crippen molar-refractivity contribution in [2.24, 2.45) is 5.10 Å². The highest BCUT2D eigenvalue weighted by atomic mass is 15.3. The van der Waals surface area contributed by atoms with Gasteiger partial charge in [-0.1, -0.05) is 31.2 Å². The first-order valence-corrected chi connectivity index (χ1v) is 4.50. The molecular weight excluding hydrogens is 160 g/mol. The summed E-state index contributed by atoms with van der Waals surface area (Å²) >= 11 is 0. The predicted octanol–water partition coefficient (Wildman–Crippen LogP) is 2.89. The highest BCUT2D eigenvalue weighted by molar-refractivity contribution is 6.00. The second-order valence-corrected chi connectivity index (χ2v) is 2.99. The van der Waals surface area contributed by atoms with Crippen molar-refractivity contribution in [2.75, 3.05) is 5.43 Å². The van der Waals surface area contributed by atoms with Gasteiger partial charge < -0.3 is 0 Å². The Kier molecular flexibility index (Phi) is 2.13. The Morgan fingerprint density at radius 1 is 1.23 bits per heavy atom. The largest absolute Gasteiger partial charge is 0.278 e. The van der Waals surface area contributed by atoms with E-state index in [1.165, 1.54) is 5.56 Å². The number of rotatable bonds is 1. The number of allylic oxidation sites excluding steroid dienone is 1. The maximum Gasteiger partial charge on any atom is 0.0634 e. The minimum Gasteiger partial charge on any atom is -0.278 e. The summed E-state index contributed by atoms with van der Waals surface area (Å²) in [6, 6.07) is 8.14. The molecule has 0 atom stereocenters. The third-order valence-electron chi connectivity index (χ3n) is 2.10. The van der Waals surface area contributed by atoms with Gasteiger partial charge in [0.25, 0.3) is 0 Å². The van der Waals surface area contributed by atoms with Gasteiger partial charge in [0.15, 0.2) is 0 Å². The molecule has 0 bridgehead atoms. The lowest BCUT2D eigenvalue weighted by Gasteiger charge is -2.01. The molecule has 0 saturated carbocycles. The molecule has 1 aromatic rings. The Bertz CT molecular complexity index is 364. The van der Waals surface area contributed by atoms with Crippen molar-refractivity contribution in [3.63, 3.8) is 0 Å². The molecule has 0 unspecified atom stereocenters. The van der Waals surface area contributed by atoms with Crippen molar-refractivity contribution in [3.8, 4) is 0 Å². The van der Waals surface area contributed by atoms with E-state index in [9.17, 15) is 0 Å². The highest BCUT2D eigenvalue weighted by Gasteiger charge is 2.01. The van der Waals surface area contributed by atoms with Crippen molar-refractivity contribution in [1.82, 2.24) is 0 Å². The quantitative estimate of drug-likeness (QED) is 0.692. The third-order valence-corrected chi connectivity index (χ3v) is 2.10. The smallest absolute Gasteiger partial charge is 0.0634 e. The lowest BCUT2D eigenvalue weighted by Crippen LogP contribution is -1.94. The molecule has 2 nitrogen and oxygen atoms in total. The van der Waals surface area contributed by atoms with E-state index in [1.54, 1.807) is 0 Å². The molecule has 1 aliphatic heterocycles. The van der Waals surface area contributed by atoms with Crippen LogP contribution in [0.1, 0.15) is 18.9 Å². The summed E-state index contributed by atoms with van der Waals surface area (Å²) in [4.78, 5) is 0. The molecule has 0 radical (unpaired) electrons. The number of hydrogen-bond acceptors (Lipinski definition) is 2. The number of para-hydroxylation sites is 1. The van der Waals surface area contributed by atoms with Crippen LogP contribution in [0.3, 0.4) is 0 Å². The van der Waals surface area contributed by atoms with Crippen molar-refractivity contribution < 1.29 is 0 Å². The summed E-state index contributed by atoms with van der Waals surface area (Å²) in [5.41, 5.74) is 6.39. The van der Waals surface area contributed by atoms with Gasteiger partial charge in [0.05, 0.1) is 11.4 Å². The number of fused-ring (bicyclic) bond motifs is 1. The number of anilines is 1. The number of nitrogens with one attached hydrogen (secondary N) is 1. The zero-order chi connectivity index (χ0) is 9.10. The Morgan fingerprint density at radius 2 is 2.08 bits per heavy atom. The minimum absolute atomic E-state index is 0.956. The Labute approximate surface area is 78.0 Å². The van der Waals surface area contributed by atoms with E-state index in [2.05, 4.69) is 35.7 Å². The lowest BCUT2D eigenvalue weighted by atomic mass is 10.1. The first kappa shape index (κ1) is 8.05. The number of benzene rings is 1. The topological polar surface area (TPSA) is 24.4 Å². The van der Waals surface area contributed by atoms with E-state index in [-0.39, 0.29) is 0 Å². The molecule has 2 rings (SSSR count). The summed E-state index contributed by atoms with van der Waals surface area (Å²) < 4.78 is 0. The van der Waals surface area contributed by atoms with Crippen LogP contribution in [0.5, 0.6) is 0 Å². The average Bonchev–Trinajstić information content (AvgIpc) is 2.39. The van der Waals surface area contributed by atoms with Gasteiger partial charge in [-0.15, -0.1) is 0 Å². The van der Waals surface area contributed by atoms with Crippen LogP contribution in [-0.2, 0) is 0 Å². The van der Waals surface area contributed by atoms with Crippen LogP contribution in [0.4, 0.5) is 5.69 Å². The molecule has 0 aliphatic carbocycles. The first-order chi connectivity index (χ1) is 6.40. The third kappa shape index (κ3) is 1.61. The fourth-order valence-electron chi connectivity index (χ4n) is 1.30. The molecule has 66 valence electrons. The molecule has 13 heavy (non-hydrogen) atoms. The molecule has 2 heteroatoms. The molecule has 0 saturated heterocycles. The van der Waals surface area contributed by atoms with Crippen molar-refractivity contribution in [2.45, 2.75) is 13.3 Å². The zero-order valence-electron chi connectivity index (χ0n) is 7.62.